The summed E-state index contributed by atoms with van der Waals surface area (Å²) >= 11 is -2.56. The fourth-order valence-electron chi connectivity index (χ4n) is 4.29. The Balaban J connectivity index is 1.47. The van der Waals surface area contributed by atoms with Crippen LogP contribution in [0.4, 0.5) is 34.4 Å². The zero-order chi connectivity index (χ0) is 30.3. The number of aryl methyl sites for hydroxylation is 1. The molecular formula is C31H30N6O5S. The molecule has 1 heterocycles. The monoisotopic (exact) mass is 598 g/mol. The van der Waals surface area contributed by atoms with Gasteiger partial charge in [-0.05, 0) is 49.4 Å². The first-order valence-electron chi connectivity index (χ1n) is 13.2. The first-order chi connectivity index (χ1) is 20.8. The Bertz CT molecular complexity index is 1760. The second-order valence-corrected chi connectivity index (χ2v) is 10.3. The lowest BCUT2D eigenvalue weighted by molar-refractivity contribution is -0.114. The number of methoxy groups -OCH3 is 2. The molecule has 12 heteroatoms. The van der Waals surface area contributed by atoms with E-state index in [-0.39, 0.29) is 24.1 Å². The van der Waals surface area contributed by atoms with E-state index in [4.69, 9.17) is 19.4 Å². The molecule has 0 saturated heterocycles. The summed E-state index contributed by atoms with van der Waals surface area (Å²) in [5.74, 6) is 1.10. The number of anilines is 6. The largest absolute Gasteiger partial charge is 0.497 e. The minimum Gasteiger partial charge on any atom is -0.497 e. The van der Waals surface area contributed by atoms with Gasteiger partial charge in [-0.3, -0.25) is 9.35 Å². The van der Waals surface area contributed by atoms with Crippen LogP contribution >= 0.6 is 0 Å². The van der Waals surface area contributed by atoms with Gasteiger partial charge in [0.15, 0.2) is 11.6 Å². The molecular weight excluding hydrogens is 568 g/mol. The zero-order valence-corrected chi connectivity index (χ0v) is 24.5. The molecule has 0 aliphatic rings. The first kappa shape index (κ1) is 29.3. The van der Waals surface area contributed by atoms with Crippen LogP contribution in [0.1, 0.15) is 5.56 Å². The molecule has 0 radical (unpaired) electrons. The lowest BCUT2D eigenvalue weighted by Gasteiger charge is -2.23. The SMILES string of the molecule is COc1cc(Nc2nc3ccccc3nc2N(c2cccc(NC(=O)CNc3ccc(C)cc3)c2)S(=O)O)cc(OC)c1. The van der Waals surface area contributed by atoms with Gasteiger partial charge in [0.05, 0.1) is 37.5 Å². The Labute approximate surface area is 251 Å². The van der Waals surface area contributed by atoms with Crippen LogP contribution in [0.5, 0.6) is 11.5 Å². The summed E-state index contributed by atoms with van der Waals surface area (Å²) in [6.45, 7) is 2.03. The third-order valence-electron chi connectivity index (χ3n) is 6.38. The molecule has 4 N–H and O–H groups in total. The average molecular weight is 599 g/mol. The summed E-state index contributed by atoms with van der Waals surface area (Å²) in [7, 11) is 3.08. The van der Waals surface area contributed by atoms with E-state index in [2.05, 4.69) is 16.0 Å². The smallest absolute Gasteiger partial charge is 0.268 e. The van der Waals surface area contributed by atoms with E-state index in [9.17, 15) is 13.6 Å². The fraction of sp³-hybridized carbons (Fsp3) is 0.129. The van der Waals surface area contributed by atoms with Crippen LogP contribution in [-0.4, -0.2) is 45.4 Å². The van der Waals surface area contributed by atoms with Gasteiger partial charge < -0.3 is 25.4 Å². The highest BCUT2D eigenvalue weighted by atomic mass is 32.2. The van der Waals surface area contributed by atoms with E-state index < -0.39 is 11.3 Å². The van der Waals surface area contributed by atoms with E-state index in [1.165, 1.54) is 0 Å². The maximum Gasteiger partial charge on any atom is 0.268 e. The molecule has 5 rings (SSSR count). The van der Waals surface area contributed by atoms with Crippen molar-refractivity contribution >= 4 is 62.6 Å². The van der Waals surface area contributed by atoms with E-state index in [1.807, 2.05) is 43.3 Å². The number of amides is 1. The highest BCUT2D eigenvalue weighted by Gasteiger charge is 2.23. The number of ether oxygens (including phenoxy) is 2. The Kier molecular flexibility index (Phi) is 8.99. The Morgan fingerprint density at radius 3 is 2.16 bits per heavy atom. The van der Waals surface area contributed by atoms with Crippen molar-refractivity contribution in [2.24, 2.45) is 0 Å². The minimum absolute atomic E-state index is 0.0388. The molecule has 0 aliphatic heterocycles. The lowest BCUT2D eigenvalue weighted by atomic mass is 10.2. The summed E-state index contributed by atoms with van der Waals surface area (Å²) in [6, 6.07) is 26.7. The summed E-state index contributed by atoms with van der Waals surface area (Å²) in [4.78, 5) is 22.1. The number of nitrogens with zero attached hydrogens (tertiary/aromatic N) is 3. The van der Waals surface area contributed by atoms with Crippen LogP contribution in [0.15, 0.2) is 91.0 Å². The van der Waals surface area contributed by atoms with Crippen molar-refractivity contribution < 1.29 is 23.0 Å². The third-order valence-corrected chi connectivity index (χ3v) is 7.08. The molecule has 1 aromatic heterocycles. The third kappa shape index (κ3) is 7.18. The highest BCUT2D eigenvalue weighted by Crippen LogP contribution is 2.36. The molecule has 0 saturated carbocycles. The van der Waals surface area contributed by atoms with Crippen molar-refractivity contribution in [3.05, 3.63) is 96.6 Å². The number of rotatable bonds is 11. The van der Waals surface area contributed by atoms with Gasteiger partial charge in [-0.1, -0.05) is 35.9 Å². The summed E-state index contributed by atoms with van der Waals surface area (Å²) in [5.41, 5.74) is 4.34. The molecule has 1 unspecified atom stereocenters. The van der Waals surface area contributed by atoms with Gasteiger partial charge in [-0.25, -0.2) is 18.5 Å². The molecule has 0 fully saturated rings. The van der Waals surface area contributed by atoms with Crippen LogP contribution in [0.3, 0.4) is 0 Å². The van der Waals surface area contributed by atoms with Crippen molar-refractivity contribution in [3.8, 4) is 11.5 Å². The molecule has 1 atom stereocenters. The molecule has 11 nitrogen and oxygen atoms in total. The molecule has 43 heavy (non-hydrogen) atoms. The molecule has 0 bridgehead atoms. The quantitative estimate of drug-likeness (QED) is 0.134. The second kappa shape index (κ2) is 13.2. The number of carbonyl (C=O) groups is 1. The Hall–Kier alpha value is -5.20. The van der Waals surface area contributed by atoms with Gasteiger partial charge >= 0.3 is 0 Å². The second-order valence-electron chi connectivity index (χ2n) is 9.45. The van der Waals surface area contributed by atoms with Crippen molar-refractivity contribution in [3.63, 3.8) is 0 Å². The maximum atomic E-state index is 12.9. The van der Waals surface area contributed by atoms with Gasteiger partial charge in [0.25, 0.3) is 11.3 Å². The first-order valence-corrected chi connectivity index (χ1v) is 14.3. The number of fused-ring (bicyclic) bond motifs is 1. The van der Waals surface area contributed by atoms with E-state index >= 15 is 0 Å². The highest BCUT2D eigenvalue weighted by molar-refractivity contribution is 7.81. The Morgan fingerprint density at radius 1 is 0.837 bits per heavy atom. The molecule has 4 aromatic carbocycles. The van der Waals surface area contributed by atoms with Crippen LogP contribution in [0.2, 0.25) is 0 Å². The van der Waals surface area contributed by atoms with E-state index in [0.717, 1.165) is 15.6 Å². The number of para-hydroxylation sites is 2. The molecule has 5 aromatic rings. The molecule has 0 aliphatic carbocycles. The van der Waals surface area contributed by atoms with Gasteiger partial charge in [0.2, 0.25) is 5.91 Å². The average Bonchev–Trinajstić information content (AvgIpc) is 3.01. The van der Waals surface area contributed by atoms with Gasteiger partial charge in [0, 0.05) is 35.3 Å². The standard InChI is InChI=1S/C31H30N6O5S/c1-20-11-13-21(14-12-20)32-19-29(38)33-22-7-6-8-24(15-22)37(43(39)40)31-30(35-27-9-4-5-10-28(27)36-31)34-23-16-25(41-2)18-26(17-23)42-3/h4-18,32H,19H2,1-3H3,(H,33,38)(H,34,35)(H,39,40). The number of benzene rings is 4. The predicted molar refractivity (Wildman–Crippen MR) is 170 cm³/mol. The summed E-state index contributed by atoms with van der Waals surface area (Å²) < 4.78 is 35.3. The fourth-order valence-corrected chi connectivity index (χ4v) is 4.86. The van der Waals surface area contributed by atoms with Crippen LogP contribution < -0.4 is 29.7 Å². The van der Waals surface area contributed by atoms with Crippen LogP contribution in [0.25, 0.3) is 11.0 Å². The summed E-state index contributed by atoms with van der Waals surface area (Å²) in [6.07, 6.45) is 0. The van der Waals surface area contributed by atoms with Crippen LogP contribution in [0, 0.1) is 6.92 Å². The zero-order valence-electron chi connectivity index (χ0n) is 23.7. The number of hydrogen-bond acceptors (Lipinski definition) is 8. The molecule has 1 amide bonds. The molecule has 220 valence electrons. The van der Waals surface area contributed by atoms with Gasteiger partial charge in [-0.2, -0.15) is 0 Å². The number of nitrogens with one attached hydrogen (secondary N) is 3. The predicted octanol–water partition coefficient (Wildman–Crippen LogP) is 6.02. The lowest BCUT2D eigenvalue weighted by Crippen LogP contribution is -2.23. The topological polar surface area (TPSA) is 138 Å². The Morgan fingerprint density at radius 2 is 1.51 bits per heavy atom. The van der Waals surface area contributed by atoms with Gasteiger partial charge in [-0.15, -0.1) is 0 Å². The molecule has 0 spiro atoms. The van der Waals surface area contributed by atoms with Crippen molar-refractivity contribution in [2.45, 2.75) is 6.92 Å². The summed E-state index contributed by atoms with van der Waals surface area (Å²) in [5, 5.41) is 9.12. The van der Waals surface area contributed by atoms with Gasteiger partial charge in [0.1, 0.15) is 11.5 Å². The van der Waals surface area contributed by atoms with Crippen molar-refractivity contribution in [1.82, 2.24) is 9.97 Å². The van der Waals surface area contributed by atoms with Crippen LogP contribution in [-0.2, 0) is 16.1 Å². The minimum atomic E-state index is -2.56. The van der Waals surface area contributed by atoms with Crippen molar-refractivity contribution in [1.29, 1.82) is 0 Å². The van der Waals surface area contributed by atoms with Crippen molar-refractivity contribution in [2.75, 3.05) is 41.0 Å². The maximum absolute atomic E-state index is 12.9. The van der Waals surface area contributed by atoms with E-state index in [0.29, 0.717) is 39.6 Å². The van der Waals surface area contributed by atoms with E-state index in [1.54, 1.807) is 68.8 Å². The number of carbonyl (C=O) groups excluding carboxylic acids is 1. The normalized spacial score (nSPS) is 11.4. The number of hydrogen-bond donors (Lipinski definition) is 4. The number of aromatic nitrogens is 2.